The van der Waals surface area contributed by atoms with Gasteiger partial charge in [0.05, 0.1) is 22.8 Å². The first-order valence-electron chi connectivity index (χ1n) is 8.31. The molecule has 4 rings (SSSR count). The van der Waals surface area contributed by atoms with Crippen molar-refractivity contribution < 1.29 is 9.21 Å². The molecule has 28 heavy (non-hydrogen) atoms. The van der Waals surface area contributed by atoms with Crippen molar-refractivity contribution in [3.05, 3.63) is 67.9 Å². The van der Waals surface area contributed by atoms with Crippen LogP contribution in [0.4, 0.5) is 5.69 Å². The first-order chi connectivity index (χ1) is 13.4. The normalized spacial score (nSPS) is 11.2. The Bertz CT molecular complexity index is 1420. The summed E-state index contributed by atoms with van der Waals surface area (Å²) in [5.41, 5.74) is 0.365. The minimum absolute atomic E-state index is 0.188. The van der Waals surface area contributed by atoms with Crippen molar-refractivity contribution in [1.29, 1.82) is 0 Å². The van der Waals surface area contributed by atoms with E-state index in [2.05, 4.69) is 10.3 Å². The van der Waals surface area contributed by atoms with Gasteiger partial charge in [-0.3, -0.25) is 23.3 Å². The predicted molar refractivity (Wildman–Crippen MR) is 101 cm³/mol. The summed E-state index contributed by atoms with van der Waals surface area (Å²) < 4.78 is 8.52. The topological polar surface area (TPSA) is 121 Å². The monoisotopic (exact) mass is 381 g/mol. The maximum atomic E-state index is 12.4. The van der Waals surface area contributed by atoms with E-state index in [0.717, 1.165) is 4.57 Å². The number of rotatable bonds is 3. The van der Waals surface area contributed by atoms with E-state index < -0.39 is 22.9 Å². The molecule has 0 aliphatic rings. The fourth-order valence-corrected chi connectivity index (χ4v) is 3.04. The molecule has 142 valence electrons. The van der Waals surface area contributed by atoms with Crippen molar-refractivity contribution in [2.75, 3.05) is 5.32 Å². The highest BCUT2D eigenvalue weighted by atomic mass is 16.4. The number of benzene rings is 1. The van der Waals surface area contributed by atoms with Gasteiger partial charge in [0.15, 0.2) is 5.58 Å². The zero-order chi connectivity index (χ0) is 20.0. The number of oxazole rings is 1. The second-order valence-electron chi connectivity index (χ2n) is 6.27. The van der Waals surface area contributed by atoms with E-state index in [1.54, 1.807) is 24.3 Å². The van der Waals surface area contributed by atoms with Crippen molar-refractivity contribution in [3.8, 4) is 0 Å². The third-order valence-corrected chi connectivity index (χ3v) is 4.45. The molecule has 10 heteroatoms. The average molecular weight is 381 g/mol. The SMILES string of the molecule is Cn1c(=O)c2cc(NC(=O)Cn3c(=O)oc4ccccc43)cnc2n(C)c1=O. The maximum absolute atomic E-state index is 12.4. The molecule has 1 amide bonds. The summed E-state index contributed by atoms with van der Waals surface area (Å²) in [6.45, 7) is -0.265. The van der Waals surface area contributed by atoms with E-state index in [4.69, 9.17) is 4.42 Å². The molecule has 0 aliphatic heterocycles. The van der Waals surface area contributed by atoms with Crippen LogP contribution in [0.15, 0.2) is 55.3 Å². The van der Waals surface area contributed by atoms with Crippen LogP contribution in [-0.2, 0) is 25.4 Å². The minimum atomic E-state index is -0.642. The van der Waals surface area contributed by atoms with E-state index in [1.807, 2.05) is 0 Å². The number of hydrogen-bond acceptors (Lipinski definition) is 6. The van der Waals surface area contributed by atoms with Crippen LogP contribution in [-0.4, -0.2) is 24.6 Å². The highest BCUT2D eigenvalue weighted by molar-refractivity contribution is 5.93. The Morgan fingerprint density at radius 2 is 1.89 bits per heavy atom. The first kappa shape index (κ1) is 17.5. The van der Waals surface area contributed by atoms with Gasteiger partial charge in [0.1, 0.15) is 12.2 Å². The van der Waals surface area contributed by atoms with Crippen molar-refractivity contribution >= 4 is 33.7 Å². The van der Waals surface area contributed by atoms with Crippen molar-refractivity contribution in [2.24, 2.45) is 14.1 Å². The summed E-state index contributed by atoms with van der Waals surface area (Å²) in [4.78, 5) is 52.8. The Morgan fingerprint density at radius 1 is 1.14 bits per heavy atom. The van der Waals surface area contributed by atoms with Gasteiger partial charge in [0, 0.05) is 14.1 Å². The lowest BCUT2D eigenvalue weighted by molar-refractivity contribution is -0.116. The Morgan fingerprint density at radius 3 is 2.68 bits per heavy atom. The summed E-state index contributed by atoms with van der Waals surface area (Å²) in [5, 5.41) is 2.79. The number of aromatic nitrogens is 4. The molecule has 0 unspecified atom stereocenters. The van der Waals surface area contributed by atoms with Crippen LogP contribution in [0.5, 0.6) is 0 Å². The molecule has 0 aliphatic carbocycles. The van der Waals surface area contributed by atoms with Gasteiger partial charge in [-0.15, -0.1) is 0 Å². The lowest BCUT2D eigenvalue weighted by Crippen LogP contribution is -2.37. The molecule has 3 heterocycles. The molecule has 0 atom stereocenters. The Labute approximate surface area is 156 Å². The molecule has 10 nitrogen and oxygen atoms in total. The number of nitrogens with one attached hydrogen (secondary N) is 1. The van der Waals surface area contributed by atoms with E-state index in [-0.39, 0.29) is 23.3 Å². The van der Waals surface area contributed by atoms with Gasteiger partial charge in [0.25, 0.3) is 5.56 Å². The number of para-hydroxylation sites is 2. The molecule has 0 radical (unpaired) electrons. The molecule has 0 saturated carbocycles. The number of nitrogens with zero attached hydrogens (tertiary/aromatic N) is 4. The summed E-state index contributed by atoms with van der Waals surface area (Å²) in [7, 11) is 2.87. The van der Waals surface area contributed by atoms with E-state index in [0.29, 0.717) is 11.1 Å². The van der Waals surface area contributed by atoms with E-state index in [9.17, 15) is 19.2 Å². The molecule has 0 fully saturated rings. The Kier molecular flexibility index (Phi) is 3.95. The molecule has 3 aromatic heterocycles. The van der Waals surface area contributed by atoms with Gasteiger partial charge in [-0.05, 0) is 18.2 Å². The molecule has 1 N–H and O–H groups in total. The third-order valence-electron chi connectivity index (χ3n) is 4.45. The summed E-state index contributed by atoms with van der Waals surface area (Å²) >= 11 is 0. The predicted octanol–water partition coefficient (Wildman–Crippen LogP) is 0.179. The number of pyridine rings is 1. The quantitative estimate of drug-likeness (QED) is 0.540. The number of carbonyl (C=O) groups excluding carboxylic acids is 1. The first-order valence-corrected chi connectivity index (χ1v) is 8.31. The van der Waals surface area contributed by atoms with Crippen LogP contribution >= 0.6 is 0 Å². The van der Waals surface area contributed by atoms with Crippen LogP contribution in [0.2, 0.25) is 0 Å². The smallest absolute Gasteiger partial charge is 0.408 e. The zero-order valence-corrected chi connectivity index (χ0v) is 15.0. The van der Waals surface area contributed by atoms with Crippen LogP contribution < -0.4 is 22.3 Å². The molecule has 1 aromatic carbocycles. The summed E-state index contributed by atoms with van der Waals surface area (Å²) in [5.74, 6) is -1.13. The van der Waals surface area contributed by atoms with Crippen molar-refractivity contribution in [3.63, 3.8) is 0 Å². The van der Waals surface area contributed by atoms with E-state index in [1.165, 1.54) is 35.5 Å². The highest BCUT2D eigenvalue weighted by Crippen LogP contribution is 2.14. The summed E-state index contributed by atoms with van der Waals surface area (Å²) in [6, 6.07) is 8.22. The minimum Gasteiger partial charge on any atom is -0.408 e. The van der Waals surface area contributed by atoms with Gasteiger partial charge in [-0.1, -0.05) is 12.1 Å². The number of hydrogen-bond donors (Lipinski definition) is 1. The largest absolute Gasteiger partial charge is 0.420 e. The second-order valence-corrected chi connectivity index (χ2v) is 6.27. The number of fused-ring (bicyclic) bond motifs is 2. The van der Waals surface area contributed by atoms with Crippen LogP contribution in [0, 0.1) is 0 Å². The van der Waals surface area contributed by atoms with Crippen LogP contribution in [0.3, 0.4) is 0 Å². The van der Waals surface area contributed by atoms with Gasteiger partial charge in [-0.25, -0.2) is 14.6 Å². The van der Waals surface area contributed by atoms with Crippen LogP contribution in [0.1, 0.15) is 0 Å². The van der Waals surface area contributed by atoms with Crippen molar-refractivity contribution in [1.82, 2.24) is 18.7 Å². The van der Waals surface area contributed by atoms with Gasteiger partial charge >= 0.3 is 11.4 Å². The fraction of sp³-hybridized carbons (Fsp3) is 0.167. The van der Waals surface area contributed by atoms with Gasteiger partial charge in [0.2, 0.25) is 5.91 Å². The highest BCUT2D eigenvalue weighted by Gasteiger charge is 2.14. The van der Waals surface area contributed by atoms with Crippen molar-refractivity contribution in [2.45, 2.75) is 6.54 Å². The molecular formula is C18H15N5O5. The Balaban J connectivity index is 1.67. The molecule has 0 saturated heterocycles. The van der Waals surface area contributed by atoms with Gasteiger partial charge < -0.3 is 9.73 Å². The third kappa shape index (κ3) is 2.71. The van der Waals surface area contributed by atoms with Gasteiger partial charge in [-0.2, -0.15) is 0 Å². The number of aryl methyl sites for hydroxylation is 1. The standard InChI is InChI=1S/C18H15N5O5/c1-21-15-11(16(25)22(2)17(21)26)7-10(8-19-15)20-14(24)9-23-12-5-3-4-6-13(12)28-18(23)27/h3-8H,9H2,1-2H3,(H,20,24). The second kappa shape index (κ2) is 6.34. The maximum Gasteiger partial charge on any atom is 0.420 e. The summed E-state index contributed by atoms with van der Waals surface area (Å²) in [6.07, 6.45) is 1.34. The lowest BCUT2D eigenvalue weighted by Gasteiger charge is -2.09. The zero-order valence-electron chi connectivity index (χ0n) is 15.0. The lowest BCUT2D eigenvalue weighted by atomic mass is 10.3. The molecule has 0 spiro atoms. The molecule has 0 bridgehead atoms. The molecule has 4 aromatic rings. The number of carbonyl (C=O) groups is 1. The fourth-order valence-electron chi connectivity index (χ4n) is 3.04. The van der Waals surface area contributed by atoms with Crippen LogP contribution in [0.25, 0.3) is 22.1 Å². The number of amides is 1. The Hall–Kier alpha value is -3.95. The average Bonchev–Trinajstić information content (AvgIpc) is 3.00. The molecular weight excluding hydrogens is 366 g/mol. The number of anilines is 1. The van der Waals surface area contributed by atoms with E-state index >= 15 is 0 Å².